The van der Waals surface area contributed by atoms with Crippen molar-refractivity contribution in [1.29, 1.82) is 0 Å². The number of nitrogens with two attached hydrogens (primary N) is 1. The zero-order chi connectivity index (χ0) is 24.3. The van der Waals surface area contributed by atoms with Crippen LogP contribution >= 0.6 is 11.9 Å². The largest absolute Gasteiger partial charge is 0.420 e. The SMILES string of the molecule is CC1(Cn2nc(C3CC3)c(C(F)(F)F)c2C(=O)Nc2cc[n+](O)c(SN)c2)CC1C(F)(F)F. The highest BCUT2D eigenvalue weighted by Gasteiger charge is 2.64. The van der Waals surface area contributed by atoms with Crippen molar-refractivity contribution < 1.29 is 41.1 Å². The number of rotatable bonds is 6. The first-order valence-corrected chi connectivity index (χ1v) is 10.8. The molecule has 0 radical (unpaired) electrons. The van der Waals surface area contributed by atoms with Crippen LogP contribution in [0, 0.1) is 11.3 Å². The fourth-order valence-corrected chi connectivity index (χ4v) is 4.37. The fraction of sp³-hybridized carbons (Fsp3) is 0.526. The summed E-state index contributed by atoms with van der Waals surface area (Å²) in [6, 6.07) is 2.47. The molecule has 33 heavy (non-hydrogen) atoms. The van der Waals surface area contributed by atoms with Crippen molar-refractivity contribution in [2.24, 2.45) is 16.5 Å². The van der Waals surface area contributed by atoms with Gasteiger partial charge in [0, 0.05) is 41.3 Å². The molecule has 4 N–H and O–H groups in total. The van der Waals surface area contributed by atoms with Gasteiger partial charge < -0.3 is 5.32 Å². The molecule has 0 spiro atoms. The molecule has 4 rings (SSSR count). The first-order chi connectivity index (χ1) is 15.2. The highest BCUT2D eigenvalue weighted by Crippen LogP contribution is 2.61. The van der Waals surface area contributed by atoms with E-state index in [0.29, 0.717) is 29.5 Å². The van der Waals surface area contributed by atoms with Gasteiger partial charge in [0.05, 0.1) is 17.3 Å². The Kier molecular flexibility index (Phi) is 5.59. The van der Waals surface area contributed by atoms with E-state index < -0.39 is 53.3 Å². The van der Waals surface area contributed by atoms with Gasteiger partial charge in [0.2, 0.25) is 6.20 Å². The van der Waals surface area contributed by atoms with Crippen LogP contribution < -0.4 is 15.2 Å². The van der Waals surface area contributed by atoms with E-state index in [2.05, 4.69) is 10.4 Å². The summed E-state index contributed by atoms with van der Waals surface area (Å²) in [5.74, 6) is -3.34. The van der Waals surface area contributed by atoms with Crippen LogP contribution in [0.15, 0.2) is 23.4 Å². The predicted octanol–water partition coefficient (Wildman–Crippen LogP) is 4.11. The van der Waals surface area contributed by atoms with Crippen molar-refractivity contribution in [3.63, 3.8) is 0 Å². The molecule has 7 nitrogen and oxygen atoms in total. The molecule has 2 aromatic heterocycles. The Morgan fingerprint density at radius 2 is 2.03 bits per heavy atom. The minimum absolute atomic E-state index is 0.0397. The van der Waals surface area contributed by atoms with Gasteiger partial charge in [0.1, 0.15) is 11.3 Å². The molecule has 180 valence electrons. The van der Waals surface area contributed by atoms with Gasteiger partial charge in [-0.05, 0) is 24.7 Å². The van der Waals surface area contributed by atoms with Crippen molar-refractivity contribution in [1.82, 2.24) is 9.78 Å². The van der Waals surface area contributed by atoms with E-state index >= 15 is 0 Å². The molecule has 2 aromatic rings. The number of pyridine rings is 1. The number of carbonyl (C=O) groups excluding carboxylic acids is 1. The minimum Gasteiger partial charge on any atom is -0.320 e. The Morgan fingerprint density at radius 1 is 1.36 bits per heavy atom. The summed E-state index contributed by atoms with van der Waals surface area (Å²) in [6.07, 6.45) is -7.65. The van der Waals surface area contributed by atoms with Crippen molar-refractivity contribution in [2.45, 2.75) is 56.0 Å². The van der Waals surface area contributed by atoms with Crippen molar-refractivity contribution in [2.75, 3.05) is 5.32 Å². The third kappa shape index (κ3) is 4.63. The Morgan fingerprint density at radius 3 is 2.55 bits per heavy atom. The van der Waals surface area contributed by atoms with Crippen LogP contribution in [0.2, 0.25) is 0 Å². The van der Waals surface area contributed by atoms with Crippen LogP contribution in [-0.2, 0) is 12.7 Å². The lowest BCUT2D eigenvalue weighted by Gasteiger charge is -2.17. The van der Waals surface area contributed by atoms with E-state index in [4.69, 9.17) is 5.14 Å². The van der Waals surface area contributed by atoms with Crippen molar-refractivity contribution in [3.05, 3.63) is 35.3 Å². The highest BCUT2D eigenvalue weighted by molar-refractivity contribution is 7.96. The van der Waals surface area contributed by atoms with Crippen LogP contribution in [0.1, 0.15) is 53.8 Å². The molecule has 2 atom stereocenters. The third-order valence-corrected chi connectivity index (χ3v) is 6.52. The van der Waals surface area contributed by atoms with Crippen LogP contribution in [0.5, 0.6) is 0 Å². The molecule has 2 saturated carbocycles. The van der Waals surface area contributed by atoms with Gasteiger partial charge in [0.15, 0.2) is 0 Å². The topological polar surface area (TPSA) is 97.0 Å². The number of nitrogens with zero attached hydrogens (tertiary/aromatic N) is 3. The van der Waals surface area contributed by atoms with Gasteiger partial charge in [-0.25, -0.2) is 0 Å². The van der Waals surface area contributed by atoms with Gasteiger partial charge in [-0.3, -0.25) is 19.8 Å². The molecule has 0 aliphatic heterocycles. The minimum atomic E-state index is -4.93. The first-order valence-electron chi connectivity index (χ1n) is 9.92. The summed E-state index contributed by atoms with van der Waals surface area (Å²) in [5.41, 5.74) is -3.70. The number of amides is 1. The second kappa shape index (κ2) is 7.79. The van der Waals surface area contributed by atoms with E-state index in [0.717, 1.165) is 10.9 Å². The number of carbonyl (C=O) groups is 1. The molecule has 0 saturated heterocycles. The first kappa shape index (κ1) is 23.7. The zero-order valence-corrected chi connectivity index (χ0v) is 18.0. The molecule has 14 heteroatoms. The number of hydrogen-bond acceptors (Lipinski definition) is 5. The van der Waals surface area contributed by atoms with E-state index in [1.54, 1.807) is 0 Å². The van der Waals surface area contributed by atoms with Crippen LogP contribution in [0.4, 0.5) is 32.0 Å². The summed E-state index contributed by atoms with van der Waals surface area (Å²) >= 11 is 0.636. The molecular formula is C19H20F6N5O2S+. The molecular weight excluding hydrogens is 476 g/mol. The van der Waals surface area contributed by atoms with Gasteiger partial charge in [-0.2, -0.15) is 31.4 Å². The standard InChI is InChI=1S/C19H19F6N5O2S/c1-17(7-11(17)18(20,21)22)8-29-15(13(19(23,24)25)14(28-29)9-2-3-9)16(31)27-10-4-5-30(32)12(6-10)33-26/h4-6,9,11,32H,2-3,7-8,26H2,1H3/p+1. The Hall–Kier alpha value is -2.48. The van der Waals surface area contributed by atoms with Crippen LogP contribution in [0.3, 0.4) is 0 Å². The molecule has 2 aliphatic rings. The monoisotopic (exact) mass is 496 g/mol. The number of halogens is 6. The molecule has 0 bridgehead atoms. The summed E-state index contributed by atoms with van der Waals surface area (Å²) in [6.45, 7) is 0.839. The predicted molar refractivity (Wildman–Crippen MR) is 103 cm³/mol. The highest BCUT2D eigenvalue weighted by atomic mass is 32.2. The summed E-state index contributed by atoms with van der Waals surface area (Å²) in [4.78, 5) is 13.0. The van der Waals surface area contributed by atoms with Crippen LogP contribution in [0.25, 0.3) is 0 Å². The maximum absolute atomic E-state index is 14.0. The van der Waals surface area contributed by atoms with Crippen LogP contribution in [-0.4, -0.2) is 27.1 Å². The summed E-state index contributed by atoms with van der Waals surface area (Å²) in [5, 5.41) is 21.4. The van der Waals surface area contributed by atoms with E-state index in [1.165, 1.54) is 19.1 Å². The second-order valence-corrected chi connectivity index (χ2v) is 9.32. The van der Waals surface area contributed by atoms with Gasteiger partial charge in [0.25, 0.3) is 5.91 Å². The molecule has 2 fully saturated rings. The number of hydrogen-bond donors (Lipinski definition) is 3. The lowest BCUT2D eigenvalue weighted by molar-refractivity contribution is -0.932. The second-order valence-electron chi connectivity index (χ2n) is 8.66. The van der Waals surface area contributed by atoms with Gasteiger partial charge in [-0.1, -0.05) is 6.92 Å². The lowest BCUT2D eigenvalue weighted by Crippen LogP contribution is -2.33. The average molecular weight is 496 g/mol. The Balaban J connectivity index is 1.74. The smallest absolute Gasteiger partial charge is 0.320 e. The van der Waals surface area contributed by atoms with E-state index in [1.807, 2.05) is 0 Å². The lowest BCUT2D eigenvalue weighted by atomic mass is 10.1. The van der Waals surface area contributed by atoms with E-state index in [9.17, 15) is 36.3 Å². The Bertz CT molecular complexity index is 1100. The fourth-order valence-electron chi connectivity index (χ4n) is 4.01. The molecule has 2 aliphatic carbocycles. The summed E-state index contributed by atoms with van der Waals surface area (Å²) < 4.78 is 83.0. The van der Waals surface area contributed by atoms with Crippen molar-refractivity contribution >= 4 is 23.5 Å². The van der Waals surface area contributed by atoms with E-state index in [-0.39, 0.29) is 22.8 Å². The number of alkyl halides is 6. The molecule has 0 aromatic carbocycles. The Labute approximate surface area is 188 Å². The van der Waals surface area contributed by atoms with Gasteiger partial charge in [-0.15, -0.1) is 0 Å². The molecule has 2 unspecified atom stereocenters. The number of anilines is 1. The third-order valence-electron chi connectivity index (χ3n) is 5.98. The average Bonchev–Trinajstić information content (AvgIpc) is 3.60. The maximum Gasteiger partial charge on any atom is 0.420 e. The number of nitrogens with one attached hydrogen (secondary N) is 1. The molecule has 2 heterocycles. The number of aromatic nitrogens is 3. The van der Waals surface area contributed by atoms with Gasteiger partial charge >= 0.3 is 17.4 Å². The quantitative estimate of drug-likeness (QED) is 0.242. The molecule has 1 amide bonds. The summed E-state index contributed by atoms with van der Waals surface area (Å²) in [7, 11) is 0. The van der Waals surface area contributed by atoms with Crippen molar-refractivity contribution in [3.8, 4) is 0 Å². The zero-order valence-electron chi connectivity index (χ0n) is 17.2. The maximum atomic E-state index is 14.0. The normalized spacial score (nSPS) is 23.0.